The number of sulfone groups is 1. The smallest absolute Gasteiger partial charge is 0.222 e. The highest BCUT2D eigenvalue weighted by Crippen LogP contribution is 2.34. The molecule has 1 aromatic rings. The van der Waals surface area contributed by atoms with E-state index in [1.54, 1.807) is 24.3 Å². The Morgan fingerprint density at radius 1 is 1.38 bits per heavy atom. The summed E-state index contributed by atoms with van der Waals surface area (Å²) in [5.74, 6) is -0.195. The third kappa shape index (κ3) is 3.45. The van der Waals surface area contributed by atoms with E-state index in [-0.39, 0.29) is 18.4 Å². The summed E-state index contributed by atoms with van der Waals surface area (Å²) in [6, 6.07) is 8.79. The monoisotopic (exact) mass is 347 g/mol. The maximum atomic E-state index is 12.7. The van der Waals surface area contributed by atoms with Crippen LogP contribution in [0.25, 0.3) is 0 Å². The normalized spacial score (nSPS) is 25.0. The van der Waals surface area contributed by atoms with Crippen molar-refractivity contribution in [1.29, 1.82) is 5.26 Å². The van der Waals surface area contributed by atoms with Crippen LogP contribution < -0.4 is 10.6 Å². The number of hydrogen-bond acceptors (Lipinski definition) is 5. The van der Waals surface area contributed by atoms with Gasteiger partial charge >= 0.3 is 0 Å². The molecule has 2 atom stereocenters. The van der Waals surface area contributed by atoms with Crippen molar-refractivity contribution in [2.24, 2.45) is 0 Å². The second-order valence-corrected chi connectivity index (χ2v) is 9.00. The van der Waals surface area contributed by atoms with Crippen LogP contribution in [-0.4, -0.2) is 37.7 Å². The molecule has 0 bridgehead atoms. The zero-order chi connectivity index (χ0) is 17.4. The highest BCUT2D eigenvalue weighted by atomic mass is 32.2. The molecule has 1 amide bonds. The van der Waals surface area contributed by atoms with Crippen LogP contribution in [0.3, 0.4) is 0 Å². The fraction of sp³-hybridized carbons (Fsp3) is 0.529. The van der Waals surface area contributed by atoms with Gasteiger partial charge in [-0.3, -0.25) is 4.79 Å². The van der Waals surface area contributed by atoms with E-state index in [1.165, 1.54) is 0 Å². The van der Waals surface area contributed by atoms with Crippen molar-refractivity contribution < 1.29 is 13.2 Å². The van der Waals surface area contributed by atoms with Crippen LogP contribution in [0.2, 0.25) is 0 Å². The summed E-state index contributed by atoms with van der Waals surface area (Å²) < 4.78 is 25.4. The van der Waals surface area contributed by atoms with Gasteiger partial charge in [-0.15, -0.1) is 0 Å². The van der Waals surface area contributed by atoms with Gasteiger partial charge in [-0.05, 0) is 38.3 Å². The van der Waals surface area contributed by atoms with E-state index in [0.29, 0.717) is 30.7 Å². The van der Waals surface area contributed by atoms with Crippen molar-refractivity contribution in [1.82, 2.24) is 10.6 Å². The second-order valence-electron chi connectivity index (χ2n) is 6.77. The fourth-order valence-electron chi connectivity index (χ4n) is 3.03. The minimum Gasteiger partial charge on any atom is -0.338 e. The van der Waals surface area contributed by atoms with Gasteiger partial charge in [0.05, 0.1) is 16.2 Å². The number of nitrogens with one attached hydrogen (secondary N) is 2. The summed E-state index contributed by atoms with van der Waals surface area (Å²) >= 11 is 0. The van der Waals surface area contributed by atoms with Crippen LogP contribution in [0, 0.1) is 18.3 Å². The van der Waals surface area contributed by atoms with Crippen LogP contribution in [0.1, 0.15) is 31.2 Å². The first kappa shape index (κ1) is 16.9. The van der Waals surface area contributed by atoms with Gasteiger partial charge in [-0.2, -0.15) is 5.26 Å². The highest BCUT2D eigenvalue weighted by Gasteiger charge is 2.45. The molecule has 7 heteroatoms. The van der Waals surface area contributed by atoms with Gasteiger partial charge in [0.1, 0.15) is 5.54 Å². The molecule has 2 N–H and O–H groups in total. The first-order chi connectivity index (χ1) is 11.3. The summed E-state index contributed by atoms with van der Waals surface area (Å²) in [6.45, 7) is 2.26. The van der Waals surface area contributed by atoms with Crippen LogP contribution in [-0.2, 0) is 14.6 Å². The van der Waals surface area contributed by atoms with E-state index in [4.69, 9.17) is 5.26 Å². The molecule has 2 aliphatic rings. The van der Waals surface area contributed by atoms with E-state index in [2.05, 4.69) is 16.7 Å². The lowest BCUT2D eigenvalue weighted by Crippen LogP contribution is -2.39. The van der Waals surface area contributed by atoms with Crippen LogP contribution in [0.5, 0.6) is 0 Å². The molecular weight excluding hydrogens is 326 g/mol. The van der Waals surface area contributed by atoms with Crippen molar-refractivity contribution in [3.8, 4) is 6.07 Å². The Hall–Kier alpha value is -1.91. The first-order valence-electron chi connectivity index (χ1n) is 8.11. The van der Waals surface area contributed by atoms with Crippen LogP contribution in [0.15, 0.2) is 29.2 Å². The van der Waals surface area contributed by atoms with Crippen molar-refractivity contribution in [2.45, 2.75) is 54.3 Å². The van der Waals surface area contributed by atoms with Crippen molar-refractivity contribution in [2.75, 3.05) is 6.54 Å². The molecule has 1 aromatic carbocycles. The Bertz CT molecular complexity index is 776. The SMILES string of the molecule is Cc1ccc(S(=O)(=O)[C@H]2CN[C@@H](CC(=O)NC3(C#N)CC3)C2)cc1. The number of hydrogen-bond donors (Lipinski definition) is 2. The maximum Gasteiger partial charge on any atom is 0.222 e. The minimum atomic E-state index is -3.40. The van der Waals surface area contributed by atoms with E-state index < -0.39 is 20.6 Å². The van der Waals surface area contributed by atoms with E-state index in [1.807, 2.05) is 6.92 Å². The summed E-state index contributed by atoms with van der Waals surface area (Å²) in [6.07, 6.45) is 1.99. The third-order valence-electron chi connectivity index (χ3n) is 4.74. The number of amides is 1. The molecule has 0 spiro atoms. The average Bonchev–Trinajstić information content (AvgIpc) is 3.15. The molecule has 1 heterocycles. The summed E-state index contributed by atoms with van der Waals surface area (Å²) in [4.78, 5) is 12.4. The molecule has 0 aromatic heterocycles. The predicted molar refractivity (Wildman–Crippen MR) is 88.9 cm³/mol. The van der Waals surface area contributed by atoms with Crippen LogP contribution in [0.4, 0.5) is 0 Å². The Kier molecular flexibility index (Phi) is 4.37. The molecule has 1 aliphatic carbocycles. The molecule has 128 valence electrons. The average molecular weight is 347 g/mol. The number of nitrogens with zero attached hydrogens (tertiary/aromatic N) is 1. The lowest BCUT2D eigenvalue weighted by Gasteiger charge is -2.14. The van der Waals surface area contributed by atoms with Gasteiger partial charge < -0.3 is 10.6 Å². The molecule has 24 heavy (non-hydrogen) atoms. The van der Waals surface area contributed by atoms with Gasteiger partial charge in [-0.1, -0.05) is 17.7 Å². The zero-order valence-electron chi connectivity index (χ0n) is 13.6. The topological polar surface area (TPSA) is 99.1 Å². The molecular formula is C17H21N3O3S. The number of aryl methyl sites for hydroxylation is 1. The number of nitriles is 1. The van der Waals surface area contributed by atoms with Crippen LogP contribution >= 0.6 is 0 Å². The van der Waals surface area contributed by atoms with E-state index in [0.717, 1.165) is 5.56 Å². The van der Waals surface area contributed by atoms with Gasteiger partial charge in [0.15, 0.2) is 9.84 Å². The quantitative estimate of drug-likeness (QED) is 0.830. The number of benzene rings is 1. The summed E-state index contributed by atoms with van der Waals surface area (Å²) in [7, 11) is -3.40. The van der Waals surface area contributed by atoms with Crippen molar-refractivity contribution >= 4 is 15.7 Å². The lowest BCUT2D eigenvalue weighted by molar-refractivity contribution is -0.122. The molecule has 1 aliphatic heterocycles. The van der Waals surface area contributed by atoms with E-state index >= 15 is 0 Å². The summed E-state index contributed by atoms with van der Waals surface area (Å²) in [5, 5.41) is 14.3. The molecule has 0 unspecified atom stereocenters. The first-order valence-corrected chi connectivity index (χ1v) is 9.65. The molecule has 1 saturated carbocycles. The minimum absolute atomic E-state index is 0.176. The number of rotatable bonds is 5. The molecule has 0 radical (unpaired) electrons. The number of carbonyl (C=O) groups excluding carboxylic acids is 1. The number of carbonyl (C=O) groups is 1. The fourth-order valence-corrected chi connectivity index (χ4v) is 4.73. The van der Waals surface area contributed by atoms with Gasteiger partial charge in [0.2, 0.25) is 5.91 Å². The molecule has 1 saturated heterocycles. The van der Waals surface area contributed by atoms with Gasteiger partial charge in [-0.25, -0.2) is 8.42 Å². The van der Waals surface area contributed by atoms with Crippen molar-refractivity contribution in [3.63, 3.8) is 0 Å². The van der Waals surface area contributed by atoms with Crippen molar-refractivity contribution in [3.05, 3.63) is 29.8 Å². The Labute approximate surface area is 142 Å². The standard InChI is InChI=1S/C17H21N3O3S/c1-12-2-4-14(5-3-12)24(22,23)15-8-13(19-10-15)9-16(21)20-17(11-18)6-7-17/h2-5,13,15,19H,6-10H2,1H3,(H,20,21)/t13-,15-/m1/s1. The maximum absolute atomic E-state index is 12.7. The third-order valence-corrected chi connectivity index (χ3v) is 6.91. The predicted octanol–water partition coefficient (Wildman–Crippen LogP) is 1.06. The Balaban J connectivity index is 1.59. The Morgan fingerprint density at radius 3 is 2.62 bits per heavy atom. The summed E-state index contributed by atoms with van der Waals surface area (Å²) in [5.41, 5.74) is 0.336. The lowest BCUT2D eigenvalue weighted by atomic mass is 10.1. The molecule has 6 nitrogen and oxygen atoms in total. The van der Waals surface area contributed by atoms with Gasteiger partial charge in [0.25, 0.3) is 0 Å². The van der Waals surface area contributed by atoms with E-state index in [9.17, 15) is 13.2 Å². The largest absolute Gasteiger partial charge is 0.338 e. The second kappa shape index (κ2) is 6.19. The molecule has 2 fully saturated rings. The van der Waals surface area contributed by atoms with Gasteiger partial charge in [0, 0.05) is 19.0 Å². The molecule has 3 rings (SSSR count). The highest BCUT2D eigenvalue weighted by molar-refractivity contribution is 7.92. The Morgan fingerprint density at radius 2 is 2.04 bits per heavy atom. The zero-order valence-corrected chi connectivity index (χ0v) is 14.4.